The van der Waals surface area contributed by atoms with Gasteiger partial charge in [0.2, 0.25) is 5.91 Å². The van der Waals surface area contributed by atoms with Crippen molar-refractivity contribution in [2.75, 3.05) is 33.8 Å². The number of amides is 1. The standard InChI is InChI=1S/C20H35N5O3/c1-5-15(6-2)18-11-17(28-24-18)13-22-20(23-14-19(26)25(3)4)21-12-16-9-7-8-10-27-16/h11,15-16H,5-10,12-14H2,1-4H3,(H2,21,22,23). The first kappa shape index (κ1) is 22.2. The number of nitrogens with one attached hydrogen (secondary N) is 2. The lowest BCUT2D eigenvalue weighted by atomic mass is 9.99. The maximum Gasteiger partial charge on any atom is 0.243 e. The van der Waals surface area contributed by atoms with Crippen LogP contribution in [-0.4, -0.2) is 61.8 Å². The maximum atomic E-state index is 11.9. The zero-order valence-corrected chi connectivity index (χ0v) is 17.7. The monoisotopic (exact) mass is 393 g/mol. The molecule has 1 saturated heterocycles. The minimum Gasteiger partial charge on any atom is -0.376 e. The van der Waals surface area contributed by atoms with Gasteiger partial charge in [0, 0.05) is 39.2 Å². The van der Waals surface area contributed by atoms with Gasteiger partial charge in [0.25, 0.3) is 0 Å². The molecule has 0 saturated carbocycles. The van der Waals surface area contributed by atoms with Crippen LogP contribution >= 0.6 is 0 Å². The molecule has 8 nitrogen and oxygen atoms in total. The summed E-state index contributed by atoms with van der Waals surface area (Å²) < 4.78 is 11.2. The molecule has 1 atom stereocenters. The van der Waals surface area contributed by atoms with Crippen molar-refractivity contribution in [2.24, 2.45) is 4.99 Å². The van der Waals surface area contributed by atoms with Gasteiger partial charge in [-0.1, -0.05) is 19.0 Å². The molecule has 0 aliphatic carbocycles. The molecular formula is C20H35N5O3. The highest BCUT2D eigenvalue weighted by Crippen LogP contribution is 2.22. The van der Waals surface area contributed by atoms with Gasteiger partial charge in [0.05, 0.1) is 18.3 Å². The fourth-order valence-corrected chi connectivity index (χ4v) is 3.12. The van der Waals surface area contributed by atoms with E-state index < -0.39 is 0 Å². The summed E-state index contributed by atoms with van der Waals surface area (Å²) in [5.74, 6) is 1.70. The quantitative estimate of drug-likeness (QED) is 0.494. The highest BCUT2D eigenvalue weighted by Gasteiger charge is 2.16. The van der Waals surface area contributed by atoms with Gasteiger partial charge in [-0.2, -0.15) is 0 Å². The first-order valence-electron chi connectivity index (χ1n) is 10.3. The molecule has 28 heavy (non-hydrogen) atoms. The second kappa shape index (κ2) is 11.7. The van der Waals surface area contributed by atoms with Crippen LogP contribution in [0.2, 0.25) is 0 Å². The normalized spacial score (nSPS) is 17.6. The predicted octanol–water partition coefficient (Wildman–Crippen LogP) is 2.27. The van der Waals surface area contributed by atoms with Crippen molar-refractivity contribution in [1.29, 1.82) is 0 Å². The first-order valence-corrected chi connectivity index (χ1v) is 10.3. The molecule has 2 N–H and O–H groups in total. The minimum atomic E-state index is -0.0503. The molecule has 1 aliphatic rings. The van der Waals surface area contributed by atoms with E-state index in [2.05, 4.69) is 34.6 Å². The van der Waals surface area contributed by atoms with Gasteiger partial charge in [-0.3, -0.25) is 4.79 Å². The lowest BCUT2D eigenvalue weighted by molar-refractivity contribution is -0.127. The molecule has 158 valence electrons. The van der Waals surface area contributed by atoms with Gasteiger partial charge >= 0.3 is 0 Å². The van der Waals surface area contributed by atoms with Crippen LogP contribution in [0.3, 0.4) is 0 Å². The van der Waals surface area contributed by atoms with Gasteiger partial charge in [0.1, 0.15) is 6.54 Å². The van der Waals surface area contributed by atoms with Crippen molar-refractivity contribution in [3.8, 4) is 0 Å². The average molecular weight is 394 g/mol. The molecule has 0 aromatic carbocycles. The third-order valence-electron chi connectivity index (χ3n) is 5.05. The van der Waals surface area contributed by atoms with E-state index in [4.69, 9.17) is 9.26 Å². The fourth-order valence-electron chi connectivity index (χ4n) is 3.12. The second-order valence-electron chi connectivity index (χ2n) is 7.41. The molecule has 0 spiro atoms. The van der Waals surface area contributed by atoms with Crippen molar-refractivity contribution in [3.05, 3.63) is 17.5 Å². The number of carbonyl (C=O) groups is 1. The predicted molar refractivity (Wildman–Crippen MR) is 109 cm³/mol. The van der Waals surface area contributed by atoms with E-state index >= 15 is 0 Å². The van der Waals surface area contributed by atoms with E-state index in [-0.39, 0.29) is 18.6 Å². The summed E-state index contributed by atoms with van der Waals surface area (Å²) in [4.78, 5) is 17.8. The number of hydrogen-bond donors (Lipinski definition) is 2. The first-order chi connectivity index (χ1) is 13.5. The Labute approximate surface area is 168 Å². The van der Waals surface area contributed by atoms with Crippen molar-refractivity contribution < 1.29 is 14.1 Å². The third kappa shape index (κ3) is 7.14. The summed E-state index contributed by atoms with van der Waals surface area (Å²) in [6, 6.07) is 2.00. The Balaban J connectivity index is 1.93. The number of hydrogen-bond acceptors (Lipinski definition) is 5. The smallest absolute Gasteiger partial charge is 0.243 e. The number of aliphatic imine (C=N–C) groups is 1. The largest absolute Gasteiger partial charge is 0.376 e. The lowest BCUT2D eigenvalue weighted by Crippen LogP contribution is -2.43. The number of aromatic nitrogens is 1. The van der Waals surface area contributed by atoms with Gasteiger partial charge in [-0.05, 0) is 32.1 Å². The molecule has 0 bridgehead atoms. The number of rotatable bonds is 9. The summed E-state index contributed by atoms with van der Waals surface area (Å²) in [5.41, 5.74) is 0.992. The van der Waals surface area contributed by atoms with Crippen LogP contribution in [0.25, 0.3) is 0 Å². The van der Waals surface area contributed by atoms with Crippen LogP contribution in [0.4, 0.5) is 0 Å². The van der Waals surface area contributed by atoms with E-state index in [0.29, 0.717) is 25.0 Å². The van der Waals surface area contributed by atoms with E-state index in [1.807, 2.05) is 6.07 Å². The van der Waals surface area contributed by atoms with Crippen LogP contribution in [0.15, 0.2) is 15.6 Å². The number of guanidine groups is 1. The SMILES string of the molecule is CCC(CC)c1cc(CNC(=NCC(=O)N(C)C)NCC2CCCCO2)on1. The van der Waals surface area contributed by atoms with E-state index in [9.17, 15) is 4.79 Å². The third-order valence-corrected chi connectivity index (χ3v) is 5.05. The molecule has 1 aliphatic heterocycles. The van der Waals surface area contributed by atoms with Gasteiger partial charge in [-0.15, -0.1) is 0 Å². The molecule has 1 unspecified atom stereocenters. The average Bonchev–Trinajstić information content (AvgIpc) is 3.17. The molecule has 1 aromatic heterocycles. The second-order valence-corrected chi connectivity index (χ2v) is 7.41. The Bertz CT molecular complexity index is 619. The number of ether oxygens (including phenoxy) is 1. The van der Waals surface area contributed by atoms with Gasteiger partial charge in [0.15, 0.2) is 11.7 Å². The summed E-state index contributed by atoms with van der Waals surface area (Å²) in [6.07, 6.45) is 5.60. The van der Waals surface area contributed by atoms with Crippen LogP contribution in [0.1, 0.15) is 63.3 Å². The zero-order chi connectivity index (χ0) is 20.4. The molecule has 0 radical (unpaired) electrons. The summed E-state index contributed by atoms with van der Waals surface area (Å²) in [6.45, 7) is 6.33. The molecule has 2 rings (SSSR count). The molecular weight excluding hydrogens is 358 g/mol. The molecule has 2 heterocycles. The Morgan fingerprint density at radius 1 is 1.32 bits per heavy atom. The van der Waals surface area contributed by atoms with Crippen LogP contribution in [0.5, 0.6) is 0 Å². The van der Waals surface area contributed by atoms with Crippen LogP contribution < -0.4 is 10.6 Å². The lowest BCUT2D eigenvalue weighted by Gasteiger charge is -2.23. The molecule has 1 amide bonds. The minimum absolute atomic E-state index is 0.0503. The van der Waals surface area contributed by atoms with Crippen molar-refractivity contribution in [3.63, 3.8) is 0 Å². The Morgan fingerprint density at radius 2 is 2.11 bits per heavy atom. The Kier molecular flexibility index (Phi) is 9.27. The molecule has 8 heteroatoms. The number of likely N-dealkylation sites (N-methyl/N-ethyl adjacent to an activating group) is 1. The fraction of sp³-hybridized carbons (Fsp3) is 0.750. The summed E-state index contributed by atoms with van der Waals surface area (Å²) in [7, 11) is 3.45. The van der Waals surface area contributed by atoms with Crippen molar-refractivity contribution in [1.82, 2.24) is 20.7 Å². The van der Waals surface area contributed by atoms with E-state index in [1.165, 1.54) is 11.3 Å². The van der Waals surface area contributed by atoms with E-state index in [1.54, 1.807) is 14.1 Å². The molecule has 1 fully saturated rings. The number of nitrogens with zero attached hydrogens (tertiary/aromatic N) is 3. The Morgan fingerprint density at radius 3 is 2.75 bits per heavy atom. The van der Waals surface area contributed by atoms with Gasteiger partial charge in [-0.25, -0.2) is 4.99 Å². The molecule has 1 aromatic rings. The topological polar surface area (TPSA) is 92.0 Å². The van der Waals surface area contributed by atoms with Crippen LogP contribution in [-0.2, 0) is 16.1 Å². The van der Waals surface area contributed by atoms with Crippen molar-refractivity contribution in [2.45, 2.75) is 64.5 Å². The summed E-state index contributed by atoms with van der Waals surface area (Å²) >= 11 is 0. The number of carbonyl (C=O) groups excluding carboxylic acids is 1. The van der Waals surface area contributed by atoms with Crippen LogP contribution in [0, 0.1) is 0 Å². The highest BCUT2D eigenvalue weighted by atomic mass is 16.5. The zero-order valence-electron chi connectivity index (χ0n) is 17.7. The van der Waals surface area contributed by atoms with E-state index in [0.717, 1.165) is 43.7 Å². The highest BCUT2D eigenvalue weighted by molar-refractivity contribution is 5.84. The van der Waals surface area contributed by atoms with Gasteiger partial charge < -0.3 is 24.8 Å². The maximum absolute atomic E-state index is 11.9. The Hall–Kier alpha value is -2.09. The summed E-state index contributed by atoms with van der Waals surface area (Å²) in [5, 5.41) is 10.7. The van der Waals surface area contributed by atoms with Crippen molar-refractivity contribution >= 4 is 11.9 Å².